The first-order valence-electron chi connectivity index (χ1n) is 11.4. The molecule has 3 aromatic rings. The van der Waals surface area contributed by atoms with Gasteiger partial charge in [-0.1, -0.05) is 48.4 Å². The van der Waals surface area contributed by atoms with Gasteiger partial charge in [-0.2, -0.15) is 0 Å². The van der Waals surface area contributed by atoms with Gasteiger partial charge in [-0.15, -0.1) is 5.10 Å². The van der Waals surface area contributed by atoms with E-state index in [1.54, 1.807) is 27.8 Å². The third-order valence-corrected chi connectivity index (χ3v) is 5.94. The quantitative estimate of drug-likeness (QED) is 0.614. The molecule has 0 saturated heterocycles. The largest absolute Gasteiger partial charge is 0.349 e. The third kappa shape index (κ3) is 5.05. The summed E-state index contributed by atoms with van der Waals surface area (Å²) in [6.07, 6.45) is 3.48. The van der Waals surface area contributed by atoms with Crippen LogP contribution in [0.4, 0.5) is 4.39 Å². The Labute approximate surface area is 193 Å². The number of benzene rings is 2. The summed E-state index contributed by atoms with van der Waals surface area (Å²) in [4.78, 5) is 28.9. The van der Waals surface area contributed by atoms with Gasteiger partial charge in [0.05, 0.1) is 5.52 Å². The lowest BCUT2D eigenvalue weighted by atomic mass is 9.98. The molecule has 4 rings (SSSR count). The van der Waals surface area contributed by atoms with Crippen LogP contribution in [0.1, 0.15) is 58.1 Å². The normalized spacial score (nSPS) is 15.5. The first-order valence-corrected chi connectivity index (χ1v) is 11.4. The summed E-state index contributed by atoms with van der Waals surface area (Å²) in [5.74, 6) is -1.18. The maximum absolute atomic E-state index is 15.0. The number of nitrogens with one attached hydrogen (secondary N) is 1. The lowest BCUT2D eigenvalue weighted by Crippen LogP contribution is -2.52. The number of para-hydroxylation sites is 1. The van der Waals surface area contributed by atoms with E-state index in [-0.39, 0.29) is 24.1 Å². The summed E-state index contributed by atoms with van der Waals surface area (Å²) in [5, 5.41) is 11.2. The Kier molecular flexibility index (Phi) is 6.44. The predicted octanol–water partition coefficient (Wildman–Crippen LogP) is 4.00. The SMILES string of the molecule is CC(C)(C)NC(=O)C(c1ccccc1F)N(C(=O)Cn1nnc2ccccc21)C1CCCC1. The molecule has 1 saturated carbocycles. The highest BCUT2D eigenvalue weighted by molar-refractivity contribution is 5.90. The summed E-state index contributed by atoms with van der Waals surface area (Å²) in [6.45, 7) is 5.52. The molecule has 0 radical (unpaired) electrons. The van der Waals surface area contributed by atoms with Crippen molar-refractivity contribution >= 4 is 22.8 Å². The van der Waals surface area contributed by atoms with Crippen LogP contribution in [-0.2, 0) is 16.1 Å². The zero-order valence-electron chi connectivity index (χ0n) is 19.3. The van der Waals surface area contributed by atoms with Crippen molar-refractivity contribution < 1.29 is 14.0 Å². The molecule has 8 heteroatoms. The molecule has 1 N–H and O–H groups in total. The molecule has 1 atom stereocenters. The molecular weight excluding hydrogens is 421 g/mol. The van der Waals surface area contributed by atoms with Crippen LogP contribution in [0.2, 0.25) is 0 Å². The van der Waals surface area contributed by atoms with E-state index in [9.17, 15) is 14.0 Å². The van der Waals surface area contributed by atoms with Gasteiger partial charge in [0.25, 0.3) is 0 Å². The Morgan fingerprint density at radius 3 is 2.48 bits per heavy atom. The van der Waals surface area contributed by atoms with Crippen LogP contribution in [0.3, 0.4) is 0 Å². The van der Waals surface area contributed by atoms with E-state index < -0.39 is 23.3 Å². The highest BCUT2D eigenvalue weighted by atomic mass is 19.1. The van der Waals surface area contributed by atoms with E-state index >= 15 is 0 Å². The molecule has 0 bridgehead atoms. The van der Waals surface area contributed by atoms with E-state index in [1.807, 2.05) is 45.0 Å². The lowest BCUT2D eigenvalue weighted by Gasteiger charge is -2.37. The Morgan fingerprint density at radius 1 is 1.12 bits per heavy atom. The van der Waals surface area contributed by atoms with Gasteiger partial charge >= 0.3 is 0 Å². The van der Waals surface area contributed by atoms with Gasteiger partial charge < -0.3 is 10.2 Å². The molecule has 1 fully saturated rings. The van der Waals surface area contributed by atoms with Crippen LogP contribution in [0.15, 0.2) is 48.5 Å². The highest BCUT2D eigenvalue weighted by Gasteiger charge is 2.39. The average Bonchev–Trinajstić information content (AvgIpc) is 3.42. The van der Waals surface area contributed by atoms with Gasteiger partial charge in [-0.25, -0.2) is 9.07 Å². The molecule has 1 heterocycles. The zero-order chi connectivity index (χ0) is 23.6. The van der Waals surface area contributed by atoms with Crippen LogP contribution in [0, 0.1) is 5.82 Å². The van der Waals surface area contributed by atoms with Crippen molar-refractivity contribution in [3.63, 3.8) is 0 Å². The lowest BCUT2D eigenvalue weighted by molar-refractivity contribution is -0.145. The Morgan fingerprint density at radius 2 is 1.79 bits per heavy atom. The Balaban J connectivity index is 1.75. The van der Waals surface area contributed by atoms with Crippen LogP contribution in [0.5, 0.6) is 0 Å². The molecule has 1 aliphatic carbocycles. The van der Waals surface area contributed by atoms with Crippen LogP contribution in [0.25, 0.3) is 11.0 Å². The number of halogens is 1. The summed E-state index contributed by atoms with van der Waals surface area (Å²) in [7, 11) is 0. The Bertz CT molecular complexity index is 1150. The second kappa shape index (κ2) is 9.29. The molecule has 7 nitrogen and oxygen atoms in total. The molecule has 1 aromatic heterocycles. The number of amides is 2. The van der Waals surface area contributed by atoms with Crippen molar-refractivity contribution in [3.05, 3.63) is 59.9 Å². The van der Waals surface area contributed by atoms with Crippen LogP contribution in [-0.4, -0.2) is 43.3 Å². The molecular formula is C25H30FN5O2. The van der Waals surface area contributed by atoms with Crippen molar-refractivity contribution in [2.24, 2.45) is 0 Å². The fourth-order valence-corrected chi connectivity index (χ4v) is 4.54. The predicted molar refractivity (Wildman–Crippen MR) is 124 cm³/mol. The summed E-state index contributed by atoms with van der Waals surface area (Å²) in [6, 6.07) is 12.4. The van der Waals surface area contributed by atoms with E-state index in [0.29, 0.717) is 5.52 Å². The van der Waals surface area contributed by atoms with Crippen molar-refractivity contribution in [1.82, 2.24) is 25.2 Å². The smallest absolute Gasteiger partial charge is 0.247 e. The second-order valence-electron chi connectivity index (χ2n) is 9.64. The van der Waals surface area contributed by atoms with Crippen molar-refractivity contribution in [2.45, 2.75) is 70.6 Å². The minimum absolute atomic E-state index is 0.0786. The molecule has 1 unspecified atom stereocenters. The number of hydrogen-bond acceptors (Lipinski definition) is 4. The second-order valence-corrected chi connectivity index (χ2v) is 9.64. The van der Waals surface area contributed by atoms with Crippen LogP contribution < -0.4 is 5.32 Å². The highest BCUT2D eigenvalue weighted by Crippen LogP contribution is 2.33. The van der Waals surface area contributed by atoms with Gasteiger partial charge in [0.1, 0.15) is 23.9 Å². The number of rotatable bonds is 6. The molecule has 174 valence electrons. The zero-order valence-corrected chi connectivity index (χ0v) is 19.3. The number of fused-ring (bicyclic) bond motifs is 1. The summed E-state index contributed by atoms with van der Waals surface area (Å²) in [5.41, 5.74) is 1.09. The van der Waals surface area contributed by atoms with E-state index in [1.165, 1.54) is 6.07 Å². The molecule has 1 aliphatic rings. The Hall–Kier alpha value is -3.29. The topological polar surface area (TPSA) is 80.1 Å². The van der Waals surface area contributed by atoms with Gasteiger partial charge in [0, 0.05) is 17.1 Å². The molecule has 0 aliphatic heterocycles. The first-order chi connectivity index (χ1) is 15.7. The summed E-state index contributed by atoms with van der Waals surface area (Å²) < 4.78 is 16.5. The average molecular weight is 452 g/mol. The number of nitrogens with zero attached hydrogens (tertiary/aromatic N) is 4. The molecule has 33 heavy (non-hydrogen) atoms. The third-order valence-electron chi connectivity index (χ3n) is 5.94. The number of carbonyl (C=O) groups is 2. The number of aromatic nitrogens is 3. The maximum Gasteiger partial charge on any atom is 0.247 e. The molecule has 0 spiro atoms. The van der Waals surface area contributed by atoms with Crippen molar-refractivity contribution in [3.8, 4) is 0 Å². The van der Waals surface area contributed by atoms with Crippen molar-refractivity contribution in [2.75, 3.05) is 0 Å². The minimum atomic E-state index is -1.07. The number of carbonyl (C=O) groups excluding carboxylic acids is 2. The fraction of sp³-hybridized carbons (Fsp3) is 0.440. The standard InChI is InChI=1S/C25H30FN5O2/c1-25(2,3)27-24(33)23(18-12-6-7-13-19(18)26)31(17-10-4-5-11-17)22(32)16-30-21-15-9-8-14-20(21)28-29-30/h6-9,12-15,17,23H,4-5,10-11,16H2,1-3H3,(H,27,33). The summed E-state index contributed by atoms with van der Waals surface area (Å²) >= 11 is 0. The van der Waals surface area contributed by atoms with Crippen LogP contribution >= 0.6 is 0 Å². The van der Waals surface area contributed by atoms with Gasteiger partial charge in [0.2, 0.25) is 11.8 Å². The van der Waals surface area contributed by atoms with E-state index in [2.05, 4.69) is 15.6 Å². The fourth-order valence-electron chi connectivity index (χ4n) is 4.54. The van der Waals surface area contributed by atoms with E-state index in [4.69, 9.17) is 0 Å². The van der Waals surface area contributed by atoms with Gasteiger partial charge in [-0.05, 0) is 51.8 Å². The molecule has 2 amide bonds. The minimum Gasteiger partial charge on any atom is -0.349 e. The van der Waals surface area contributed by atoms with Crippen molar-refractivity contribution in [1.29, 1.82) is 0 Å². The van der Waals surface area contributed by atoms with Gasteiger partial charge in [-0.3, -0.25) is 9.59 Å². The molecule has 2 aromatic carbocycles. The monoisotopic (exact) mass is 451 g/mol. The number of hydrogen-bond donors (Lipinski definition) is 1. The van der Waals surface area contributed by atoms with Gasteiger partial charge in [0.15, 0.2) is 0 Å². The first kappa shape index (κ1) is 22.9. The van der Waals surface area contributed by atoms with E-state index in [0.717, 1.165) is 31.2 Å². The maximum atomic E-state index is 15.0.